The van der Waals surface area contributed by atoms with Crippen LogP contribution in [0.25, 0.3) is 6.08 Å². The van der Waals surface area contributed by atoms with E-state index in [1.54, 1.807) is 36.6 Å². The first kappa shape index (κ1) is 32.3. The summed E-state index contributed by atoms with van der Waals surface area (Å²) in [6, 6.07) is 6.97. The molecule has 0 amide bonds. The van der Waals surface area contributed by atoms with Crippen molar-refractivity contribution in [2.45, 2.75) is 78.8 Å². The number of esters is 2. The number of methoxy groups -OCH3 is 1. The van der Waals surface area contributed by atoms with Crippen molar-refractivity contribution in [2.24, 2.45) is 4.99 Å². The van der Waals surface area contributed by atoms with E-state index in [0.29, 0.717) is 44.7 Å². The van der Waals surface area contributed by atoms with Crippen LogP contribution in [-0.4, -0.2) is 48.0 Å². The summed E-state index contributed by atoms with van der Waals surface area (Å²) < 4.78 is 26.2. The number of aryl methyl sites for hydroxylation is 1. The molecule has 1 saturated carbocycles. The van der Waals surface area contributed by atoms with Crippen molar-refractivity contribution in [3.8, 4) is 11.5 Å². The lowest BCUT2D eigenvalue weighted by Crippen LogP contribution is -2.40. The van der Waals surface area contributed by atoms with Gasteiger partial charge in [-0.25, -0.2) is 14.6 Å². The second-order valence-electron chi connectivity index (χ2n) is 11.3. The molecule has 1 aromatic carbocycles. The second-order valence-corrected chi connectivity index (χ2v) is 12.3. The minimum atomic E-state index is -0.814. The number of nitrogens with zero attached hydrogens (tertiary/aromatic N) is 3. The Bertz CT molecular complexity index is 1810. The minimum absolute atomic E-state index is 0.174. The fraction of sp³-hybridized carbons (Fsp3) is 0.471. The Kier molecular flexibility index (Phi) is 9.96. The van der Waals surface area contributed by atoms with E-state index in [4.69, 9.17) is 23.9 Å². The standard InChI is InChI=1S/C34H41N3O7S/c1-7-42-27-17-23(14-15-26(27)44-19-29(38)41-6)31-30(33(40)43-8-2)21(4)35-34-37(31)32(39)28(45-34)18-24-16-20(3)36(22(24)5)25-12-10-9-11-13-25/h14-18,25,31H,7-13,19H2,1-6H3/b28-18-/t31-/m0/s1. The number of rotatable bonds is 10. The van der Waals surface area contributed by atoms with Crippen LogP contribution >= 0.6 is 11.3 Å². The second kappa shape index (κ2) is 13.9. The third-order valence-corrected chi connectivity index (χ3v) is 9.41. The SMILES string of the molecule is CCOC(=O)C1=C(C)N=c2s/c(=C\c3cc(C)n(C4CCCCC4)c3C)c(=O)n2[C@H]1c1ccc(OCC(=O)OC)c(OCC)c1. The van der Waals surface area contributed by atoms with Gasteiger partial charge in [0.2, 0.25) is 0 Å². The fourth-order valence-electron chi connectivity index (χ4n) is 6.38. The van der Waals surface area contributed by atoms with Gasteiger partial charge in [-0.05, 0) is 82.9 Å². The highest BCUT2D eigenvalue weighted by molar-refractivity contribution is 7.07. The van der Waals surface area contributed by atoms with Crippen molar-refractivity contribution < 1.29 is 28.5 Å². The zero-order valence-electron chi connectivity index (χ0n) is 26.8. The first-order valence-corrected chi connectivity index (χ1v) is 16.3. The van der Waals surface area contributed by atoms with E-state index >= 15 is 0 Å². The van der Waals surface area contributed by atoms with Crippen LogP contribution in [0.1, 0.15) is 87.5 Å². The predicted octanol–water partition coefficient (Wildman–Crippen LogP) is 4.67. The molecule has 2 aliphatic rings. The number of carbonyl (C=O) groups excluding carboxylic acids is 2. The molecule has 10 nitrogen and oxygen atoms in total. The van der Waals surface area contributed by atoms with Gasteiger partial charge in [0.05, 0.1) is 42.2 Å². The molecule has 1 aliphatic carbocycles. The number of benzene rings is 1. The van der Waals surface area contributed by atoms with E-state index in [2.05, 4.69) is 24.5 Å². The van der Waals surface area contributed by atoms with Gasteiger partial charge >= 0.3 is 11.9 Å². The molecule has 0 spiro atoms. The molecule has 0 N–H and O–H groups in total. The molecule has 1 fully saturated rings. The van der Waals surface area contributed by atoms with Gasteiger partial charge < -0.3 is 23.5 Å². The largest absolute Gasteiger partial charge is 0.490 e. The minimum Gasteiger partial charge on any atom is -0.490 e. The molecule has 0 radical (unpaired) electrons. The van der Waals surface area contributed by atoms with E-state index < -0.39 is 18.0 Å². The van der Waals surface area contributed by atoms with Crippen molar-refractivity contribution >= 4 is 29.4 Å². The van der Waals surface area contributed by atoms with Crippen molar-refractivity contribution in [3.63, 3.8) is 0 Å². The zero-order valence-corrected chi connectivity index (χ0v) is 27.6. The normalized spacial score (nSPS) is 17.1. The number of aromatic nitrogens is 2. The summed E-state index contributed by atoms with van der Waals surface area (Å²) in [5.74, 6) is -0.367. The first-order chi connectivity index (χ1) is 21.7. The van der Waals surface area contributed by atoms with Crippen molar-refractivity contribution in [1.29, 1.82) is 0 Å². The average molecular weight is 636 g/mol. The monoisotopic (exact) mass is 635 g/mol. The fourth-order valence-corrected chi connectivity index (χ4v) is 7.41. The summed E-state index contributed by atoms with van der Waals surface area (Å²) in [6.45, 7) is 9.79. The third-order valence-electron chi connectivity index (χ3n) is 8.42. The number of fused-ring (bicyclic) bond motifs is 1. The van der Waals surface area contributed by atoms with Crippen LogP contribution in [0.3, 0.4) is 0 Å². The van der Waals surface area contributed by atoms with Crippen molar-refractivity contribution in [3.05, 3.63) is 77.7 Å². The molecule has 1 atom stereocenters. The topological polar surface area (TPSA) is 110 Å². The van der Waals surface area contributed by atoms with Crippen LogP contribution in [0, 0.1) is 13.8 Å². The lowest BCUT2D eigenvalue weighted by molar-refractivity contribution is -0.143. The average Bonchev–Trinajstić information content (AvgIpc) is 3.49. The Balaban J connectivity index is 1.64. The van der Waals surface area contributed by atoms with E-state index in [-0.39, 0.29) is 24.3 Å². The predicted molar refractivity (Wildman–Crippen MR) is 172 cm³/mol. The van der Waals surface area contributed by atoms with Crippen LogP contribution in [-0.2, 0) is 19.1 Å². The lowest BCUT2D eigenvalue weighted by atomic mass is 9.95. The van der Waals surface area contributed by atoms with Gasteiger partial charge in [-0.1, -0.05) is 36.7 Å². The molecule has 2 aromatic heterocycles. The molecule has 1 aliphatic heterocycles. The third kappa shape index (κ3) is 6.49. The van der Waals surface area contributed by atoms with Gasteiger partial charge in [0.1, 0.15) is 0 Å². The number of hydrogen-bond donors (Lipinski definition) is 0. The maximum Gasteiger partial charge on any atom is 0.343 e. The van der Waals surface area contributed by atoms with Crippen LogP contribution in [0.15, 0.2) is 45.3 Å². The lowest BCUT2D eigenvalue weighted by Gasteiger charge is -2.26. The maximum atomic E-state index is 14.2. The quantitative estimate of drug-likeness (QED) is 0.298. The number of carbonyl (C=O) groups is 2. The van der Waals surface area contributed by atoms with E-state index in [0.717, 1.165) is 11.3 Å². The molecule has 5 rings (SSSR count). The Labute approximate surface area is 266 Å². The zero-order chi connectivity index (χ0) is 32.2. The van der Waals surface area contributed by atoms with Gasteiger partial charge in [-0.3, -0.25) is 9.36 Å². The van der Waals surface area contributed by atoms with Crippen LogP contribution in [0.5, 0.6) is 11.5 Å². The summed E-state index contributed by atoms with van der Waals surface area (Å²) >= 11 is 1.30. The van der Waals surface area contributed by atoms with Gasteiger partial charge in [0.25, 0.3) is 5.56 Å². The summed E-state index contributed by atoms with van der Waals surface area (Å²) in [5, 5.41) is 0. The Morgan fingerprint density at radius 2 is 1.76 bits per heavy atom. The summed E-state index contributed by atoms with van der Waals surface area (Å²) in [6.07, 6.45) is 8.05. The number of allylic oxidation sites excluding steroid dienone is 1. The Morgan fingerprint density at radius 1 is 1.00 bits per heavy atom. The van der Waals surface area contributed by atoms with E-state index in [1.165, 1.54) is 56.2 Å². The maximum absolute atomic E-state index is 14.2. The van der Waals surface area contributed by atoms with Crippen molar-refractivity contribution in [1.82, 2.24) is 9.13 Å². The summed E-state index contributed by atoms with van der Waals surface area (Å²) in [7, 11) is 1.29. The smallest absolute Gasteiger partial charge is 0.343 e. The highest BCUT2D eigenvalue weighted by Gasteiger charge is 2.34. The molecule has 45 heavy (non-hydrogen) atoms. The summed E-state index contributed by atoms with van der Waals surface area (Å²) in [5.41, 5.74) is 4.47. The molecular weight excluding hydrogens is 594 g/mol. The number of thiazole rings is 1. The van der Waals surface area contributed by atoms with Gasteiger partial charge in [0, 0.05) is 17.4 Å². The first-order valence-electron chi connectivity index (χ1n) is 15.5. The van der Waals surface area contributed by atoms with Crippen LogP contribution in [0.2, 0.25) is 0 Å². The number of ether oxygens (including phenoxy) is 4. The van der Waals surface area contributed by atoms with Crippen LogP contribution in [0.4, 0.5) is 0 Å². The van der Waals surface area contributed by atoms with Gasteiger partial charge in [-0.15, -0.1) is 0 Å². The summed E-state index contributed by atoms with van der Waals surface area (Å²) in [4.78, 5) is 44.5. The van der Waals surface area contributed by atoms with Gasteiger partial charge in [-0.2, -0.15) is 0 Å². The van der Waals surface area contributed by atoms with E-state index in [1.807, 2.05) is 13.0 Å². The molecular formula is C34H41N3O7S. The Hall–Kier alpha value is -4.12. The van der Waals surface area contributed by atoms with E-state index in [9.17, 15) is 14.4 Å². The molecule has 0 bridgehead atoms. The van der Waals surface area contributed by atoms with Crippen LogP contribution < -0.4 is 24.4 Å². The molecule has 0 unspecified atom stereocenters. The molecule has 240 valence electrons. The molecule has 0 saturated heterocycles. The molecule has 11 heteroatoms. The van der Waals surface area contributed by atoms with Gasteiger partial charge in [0.15, 0.2) is 22.9 Å². The number of hydrogen-bond acceptors (Lipinski definition) is 9. The molecule has 3 heterocycles. The highest BCUT2D eigenvalue weighted by Crippen LogP contribution is 2.37. The molecule has 3 aromatic rings. The highest BCUT2D eigenvalue weighted by atomic mass is 32.1. The Morgan fingerprint density at radius 3 is 2.44 bits per heavy atom. The van der Waals surface area contributed by atoms with Crippen molar-refractivity contribution in [2.75, 3.05) is 26.9 Å².